The Morgan fingerprint density at radius 1 is 1.42 bits per heavy atom. The second-order valence-corrected chi connectivity index (χ2v) is 7.45. The third-order valence-electron chi connectivity index (χ3n) is 3.40. The molecule has 1 N–H and O–H groups in total. The van der Waals surface area contributed by atoms with Gasteiger partial charge in [-0.05, 0) is 18.6 Å². The van der Waals surface area contributed by atoms with Crippen LogP contribution in [0.4, 0.5) is 18.9 Å². The fourth-order valence-electron chi connectivity index (χ4n) is 2.47. The summed E-state index contributed by atoms with van der Waals surface area (Å²) in [5, 5.41) is 11.0. The molecular weight excluding hydrogens is 375 g/mol. The van der Waals surface area contributed by atoms with Gasteiger partial charge in [0, 0.05) is 30.2 Å². The van der Waals surface area contributed by atoms with Gasteiger partial charge in [-0.3, -0.25) is 15.0 Å². The van der Waals surface area contributed by atoms with Crippen LogP contribution in [0.5, 0.6) is 0 Å². The maximum absolute atomic E-state index is 12.3. The van der Waals surface area contributed by atoms with Gasteiger partial charge in [0.25, 0.3) is 5.69 Å². The lowest BCUT2D eigenvalue weighted by atomic mass is 10.3. The number of nitrogens with one attached hydrogen (secondary N) is 1. The van der Waals surface area contributed by atoms with Crippen molar-refractivity contribution in [3.8, 4) is 0 Å². The standard InChI is InChI=1S/C12H13ClF3N3O4S/c13-8-1-2-11(10(5-8)19(20)21)24(22,23)17-9-3-4-18(6-9)7-12(14,15)16/h1-2,5,9,17H,3-4,6-7H2. The predicted octanol–water partition coefficient (Wildman–Crippen LogP) is 2.16. The first-order valence-corrected chi connectivity index (χ1v) is 8.59. The smallest absolute Gasteiger partial charge is 0.293 e. The Morgan fingerprint density at radius 3 is 2.67 bits per heavy atom. The van der Waals surface area contributed by atoms with E-state index in [9.17, 15) is 31.7 Å². The minimum atomic E-state index is -4.37. The summed E-state index contributed by atoms with van der Waals surface area (Å²) in [6.07, 6.45) is -4.20. The van der Waals surface area contributed by atoms with Crippen LogP contribution in [0.3, 0.4) is 0 Å². The first-order chi connectivity index (χ1) is 11.0. The molecule has 1 heterocycles. The number of nitro benzene ring substituents is 1. The van der Waals surface area contributed by atoms with E-state index in [0.29, 0.717) is 0 Å². The third kappa shape index (κ3) is 4.79. The van der Waals surface area contributed by atoms with Crippen molar-refractivity contribution in [1.82, 2.24) is 9.62 Å². The van der Waals surface area contributed by atoms with Crippen LogP contribution in [0.1, 0.15) is 6.42 Å². The van der Waals surface area contributed by atoms with Gasteiger partial charge in [-0.1, -0.05) is 11.6 Å². The predicted molar refractivity (Wildman–Crippen MR) is 79.3 cm³/mol. The van der Waals surface area contributed by atoms with Gasteiger partial charge in [0.1, 0.15) is 0 Å². The molecular formula is C12H13ClF3N3O4S. The number of nitrogens with zero attached hydrogens (tertiary/aromatic N) is 2. The van der Waals surface area contributed by atoms with E-state index in [1.54, 1.807) is 0 Å². The lowest BCUT2D eigenvalue weighted by molar-refractivity contribution is -0.387. The Balaban J connectivity index is 2.14. The molecule has 24 heavy (non-hydrogen) atoms. The molecule has 1 saturated heterocycles. The van der Waals surface area contributed by atoms with E-state index in [-0.39, 0.29) is 24.5 Å². The number of sulfonamides is 1. The van der Waals surface area contributed by atoms with Crippen molar-refractivity contribution in [2.75, 3.05) is 19.6 Å². The zero-order valence-corrected chi connectivity index (χ0v) is 13.7. The fraction of sp³-hybridized carbons (Fsp3) is 0.500. The lowest BCUT2D eigenvalue weighted by Crippen LogP contribution is -2.39. The van der Waals surface area contributed by atoms with Crippen molar-refractivity contribution in [3.05, 3.63) is 33.3 Å². The third-order valence-corrected chi connectivity index (χ3v) is 5.21. The van der Waals surface area contributed by atoms with Gasteiger partial charge in [-0.15, -0.1) is 0 Å². The number of hydrogen-bond donors (Lipinski definition) is 1. The van der Waals surface area contributed by atoms with Crippen LogP contribution >= 0.6 is 11.6 Å². The van der Waals surface area contributed by atoms with Crippen LogP contribution in [-0.2, 0) is 10.0 Å². The fourth-order valence-corrected chi connectivity index (χ4v) is 4.05. The highest BCUT2D eigenvalue weighted by Crippen LogP contribution is 2.28. The molecule has 1 aliphatic heterocycles. The van der Waals surface area contributed by atoms with Gasteiger partial charge in [0.05, 0.1) is 11.5 Å². The molecule has 0 saturated carbocycles. The minimum Gasteiger partial charge on any atom is -0.293 e. The molecule has 134 valence electrons. The molecule has 7 nitrogen and oxygen atoms in total. The molecule has 1 unspecified atom stereocenters. The Bertz CT molecular complexity index is 742. The molecule has 0 aliphatic carbocycles. The molecule has 1 atom stereocenters. The lowest BCUT2D eigenvalue weighted by Gasteiger charge is -2.18. The van der Waals surface area contributed by atoms with E-state index in [4.69, 9.17) is 11.6 Å². The Labute approximate surface area is 140 Å². The number of likely N-dealkylation sites (tertiary alicyclic amines) is 1. The summed E-state index contributed by atoms with van der Waals surface area (Å²) < 4.78 is 63.9. The molecule has 0 amide bonds. The highest BCUT2D eigenvalue weighted by molar-refractivity contribution is 7.89. The van der Waals surface area contributed by atoms with Crippen LogP contribution in [-0.4, -0.2) is 50.1 Å². The topological polar surface area (TPSA) is 92.5 Å². The van der Waals surface area contributed by atoms with Crippen molar-refractivity contribution < 1.29 is 26.5 Å². The van der Waals surface area contributed by atoms with E-state index in [1.807, 2.05) is 0 Å². The van der Waals surface area contributed by atoms with E-state index in [2.05, 4.69) is 4.72 Å². The van der Waals surface area contributed by atoms with Crippen molar-refractivity contribution >= 4 is 27.3 Å². The second-order valence-electron chi connectivity index (χ2n) is 5.33. The van der Waals surface area contributed by atoms with Crippen molar-refractivity contribution in [2.24, 2.45) is 0 Å². The highest BCUT2D eigenvalue weighted by atomic mass is 35.5. The summed E-state index contributed by atoms with van der Waals surface area (Å²) in [6.45, 7) is -1.18. The second kappa shape index (κ2) is 6.82. The summed E-state index contributed by atoms with van der Waals surface area (Å²) >= 11 is 5.63. The van der Waals surface area contributed by atoms with Crippen LogP contribution in [0.2, 0.25) is 5.02 Å². The Hall–Kier alpha value is -1.43. The van der Waals surface area contributed by atoms with Crippen LogP contribution in [0.25, 0.3) is 0 Å². The normalized spacial score (nSPS) is 19.6. The quantitative estimate of drug-likeness (QED) is 0.617. The van der Waals surface area contributed by atoms with Crippen molar-refractivity contribution in [3.63, 3.8) is 0 Å². The average molecular weight is 388 g/mol. The monoisotopic (exact) mass is 387 g/mol. The minimum absolute atomic E-state index is 0.00197. The molecule has 0 aromatic heterocycles. The van der Waals surface area contributed by atoms with Gasteiger partial charge >= 0.3 is 6.18 Å². The van der Waals surface area contributed by atoms with E-state index < -0.39 is 44.3 Å². The largest absolute Gasteiger partial charge is 0.401 e. The number of alkyl halides is 3. The van der Waals surface area contributed by atoms with Crippen molar-refractivity contribution in [1.29, 1.82) is 0 Å². The number of hydrogen-bond acceptors (Lipinski definition) is 5. The summed E-state index contributed by atoms with van der Waals surface area (Å²) in [7, 11) is -4.26. The molecule has 0 radical (unpaired) electrons. The highest BCUT2D eigenvalue weighted by Gasteiger charge is 2.36. The molecule has 1 aliphatic rings. The molecule has 12 heteroatoms. The van der Waals surface area contributed by atoms with Crippen LogP contribution in [0.15, 0.2) is 23.1 Å². The first-order valence-electron chi connectivity index (χ1n) is 6.73. The summed E-state index contributed by atoms with van der Waals surface area (Å²) in [5.41, 5.74) is -0.694. The summed E-state index contributed by atoms with van der Waals surface area (Å²) in [4.78, 5) is 10.6. The molecule has 1 fully saturated rings. The SMILES string of the molecule is O=[N+]([O-])c1cc(Cl)ccc1S(=O)(=O)NC1CCN(CC(F)(F)F)C1. The Morgan fingerprint density at radius 2 is 2.08 bits per heavy atom. The molecule has 0 spiro atoms. The number of nitro groups is 1. The molecule has 2 rings (SSSR count). The Kier molecular flexibility index (Phi) is 5.37. The van der Waals surface area contributed by atoms with Gasteiger partial charge in [-0.2, -0.15) is 13.2 Å². The number of halogens is 4. The summed E-state index contributed by atoms with van der Waals surface area (Å²) in [5.74, 6) is 0. The maximum Gasteiger partial charge on any atom is 0.401 e. The van der Waals surface area contributed by atoms with E-state index in [0.717, 1.165) is 17.0 Å². The van der Waals surface area contributed by atoms with Crippen LogP contribution < -0.4 is 4.72 Å². The number of rotatable bonds is 5. The molecule has 1 aromatic rings. The van der Waals surface area contributed by atoms with Gasteiger partial charge in [0.2, 0.25) is 10.0 Å². The summed E-state index contributed by atoms with van der Waals surface area (Å²) in [6, 6.07) is 2.33. The number of benzene rings is 1. The van der Waals surface area contributed by atoms with E-state index >= 15 is 0 Å². The zero-order valence-electron chi connectivity index (χ0n) is 12.1. The van der Waals surface area contributed by atoms with Gasteiger partial charge < -0.3 is 0 Å². The van der Waals surface area contributed by atoms with Gasteiger partial charge in [-0.25, -0.2) is 13.1 Å². The molecule has 1 aromatic carbocycles. The average Bonchev–Trinajstić information content (AvgIpc) is 2.82. The first kappa shape index (κ1) is 18.9. The van der Waals surface area contributed by atoms with Gasteiger partial charge in [0.15, 0.2) is 4.90 Å². The molecule has 0 bridgehead atoms. The van der Waals surface area contributed by atoms with Crippen LogP contribution in [0, 0.1) is 10.1 Å². The van der Waals surface area contributed by atoms with E-state index in [1.165, 1.54) is 6.07 Å². The maximum atomic E-state index is 12.3. The van der Waals surface area contributed by atoms with Crippen molar-refractivity contribution in [2.45, 2.75) is 23.5 Å². The zero-order chi connectivity index (χ0) is 18.1.